The number of carbonyl (C=O) groups excluding carboxylic acids is 1. The summed E-state index contributed by atoms with van der Waals surface area (Å²) >= 11 is 0. The molecule has 2 N–H and O–H groups in total. The van der Waals surface area contributed by atoms with Crippen LogP contribution in [0.5, 0.6) is 11.5 Å². The van der Waals surface area contributed by atoms with Crippen LogP contribution in [0.15, 0.2) is 77.7 Å². The van der Waals surface area contributed by atoms with Crippen LogP contribution in [0.2, 0.25) is 0 Å². The molecule has 0 bridgehead atoms. The molecule has 0 atom stereocenters. The summed E-state index contributed by atoms with van der Waals surface area (Å²) in [5.74, 6) is 0.820. The van der Waals surface area contributed by atoms with Crippen LogP contribution in [0.4, 0.5) is 11.4 Å². The van der Waals surface area contributed by atoms with Crippen LogP contribution < -0.4 is 14.8 Å². The quantitative estimate of drug-likeness (QED) is 0.640. The molecule has 0 unspecified atom stereocenters. The van der Waals surface area contributed by atoms with Gasteiger partial charge in [-0.25, -0.2) is 8.42 Å². The van der Waals surface area contributed by atoms with E-state index < -0.39 is 10.0 Å². The lowest BCUT2D eigenvalue weighted by Gasteiger charge is -2.14. The van der Waals surface area contributed by atoms with Gasteiger partial charge in [0.1, 0.15) is 5.75 Å². The summed E-state index contributed by atoms with van der Waals surface area (Å²) in [6.07, 6.45) is 0. The molecule has 0 aliphatic rings. The number of ether oxygens (including phenoxy) is 1. The number of carbonyl (C=O) groups is 1. The van der Waals surface area contributed by atoms with E-state index in [1.165, 1.54) is 31.2 Å². The monoisotopic (exact) mass is 396 g/mol. The standard InChI is InChI=1S/C21H20N2O4S/c1-15-7-3-5-9-20(15)27-21-10-6-4-8-19(21)23-28(25,26)18-13-11-17(12-14-18)22-16(2)24/h3-14,23H,1-2H3,(H,22,24). The molecule has 1 amide bonds. The minimum Gasteiger partial charge on any atom is -0.455 e. The average molecular weight is 396 g/mol. The Hall–Kier alpha value is -3.32. The fourth-order valence-electron chi connectivity index (χ4n) is 2.55. The van der Waals surface area contributed by atoms with E-state index in [1.807, 2.05) is 31.2 Å². The predicted molar refractivity (Wildman–Crippen MR) is 109 cm³/mol. The van der Waals surface area contributed by atoms with E-state index in [9.17, 15) is 13.2 Å². The van der Waals surface area contributed by atoms with Crippen molar-refractivity contribution in [1.82, 2.24) is 0 Å². The summed E-state index contributed by atoms with van der Waals surface area (Å²) in [5.41, 5.74) is 1.79. The van der Waals surface area contributed by atoms with Crippen LogP contribution in [0, 0.1) is 6.92 Å². The lowest BCUT2D eigenvalue weighted by molar-refractivity contribution is -0.114. The molecule has 3 aromatic rings. The Balaban J connectivity index is 1.85. The number of rotatable bonds is 6. The van der Waals surface area contributed by atoms with E-state index in [4.69, 9.17) is 4.74 Å². The highest BCUT2D eigenvalue weighted by molar-refractivity contribution is 7.92. The van der Waals surface area contributed by atoms with Gasteiger partial charge in [0.2, 0.25) is 5.91 Å². The molecular weight excluding hydrogens is 376 g/mol. The number of para-hydroxylation sites is 3. The highest BCUT2D eigenvalue weighted by Crippen LogP contribution is 2.32. The number of nitrogens with one attached hydrogen (secondary N) is 2. The molecule has 0 saturated carbocycles. The Morgan fingerprint density at radius 3 is 2.11 bits per heavy atom. The summed E-state index contributed by atoms with van der Waals surface area (Å²) in [6, 6.07) is 20.2. The molecule has 3 rings (SSSR count). The van der Waals surface area contributed by atoms with Crippen molar-refractivity contribution < 1.29 is 17.9 Å². The minimum absolute atomic E-state index is 0.0762. The van der Waals surface area contributed by atoms with Crippen LogP contribution in [-0.4, -0.2) is 14.3 Å². The Morgan fingerprint density at radius 2 is 1.46 bits per heavy atom. The van der Waals surface area contributed by atoms with Crippen LogP contribution in [-0.2, 0) is 14.8 Å². The molecule has 6 nitrogen and oxygen atoms in total. The zero-order chi connectivity index (χ0) is 20.1. The first-order chi connectivity index (χ1) is 13.3. The predicted octanol–water partition coefficient (Wildman–Crippen LogP) is 4.55. The molecule has 7 heteroatoms. The van der Waals surface area contributed by atoms with Gasteiger partial charge in [-0.3, -0.25) is 9.52 Å². The van der Waals surface area contributed by atoms with E-state index in [1.54, 1.807) is 24.3 Å². The van der Waals surface area contributed by atoms with Gasteiger partial charge in [0.15, 0.2) is 5.75 Å². The second-order valence-corrected chi connectivity index (χ2v) is 7.86. The maximum Gasteiger partial charge on any atom is 0.262 e. The third-order valence-electron chi connectivity index (χ3n) is 3.93. The van der Waals surface area contributed by atoms with Gasteiger partial charge in [0.25, 0.3) is 10.0 Å². The first-order valence-corrected chi connectivity index (χ1v) is 10.1. The molecule has 3 aromatic carbocycles. The van der Waals surface area contributed by atoms with Crippen molar-refractivity contribution >= 4 is 27.3 Å². The van der Waals surface area contributed by atoms with Gasteiger partial charge >= 0.3 is 0 Å². The van der Waals surface area contributed by atoms with Crippen molar-refractivity contribution in [3.63, 3.8) is 0 Å². The Kier molecular flexibility index (Phi) is 5.65. The number of sulfonamides is 1. The summed E-state index contributed by atoms with van der Waals surface area (Å²) in [6.45, 7) is 3.30. The number of aryl methyl sites for hydroxylation is 1. The Morgan fingerprint density at radius 1 is 0.857 bits per heavy atom. The smallest absolute Gasteiger partial charge is 0.262 e. The summed E-state index contributed by atoms with van der Waals surface area (Å²) < 4.78 is 34.0. The number of anilines is 2. The van der Waals surface area contributed by atoms with Gasteiger partial charge in [0, 0.05) is 12.6 Å². The molecule has 0 aliphatic heterocycles. The zero-order valence-corrected chi connectivity index (χ0v) is 16.3. The van der Waals surface area contributed by atoms with Gasteiger partial charge in [-0.2, -0.15) is 0 Å². The molecule has 28 heavy (non-hydrogen) atoms. The lowest BCUT2D eigenvalue weighted by atomic mass is 10.2. The molecule has 0 aliphatic carbocycles. The van der Waals surface area contributed by atoms with Gasteiger partial charge in [0.05, 0.1) is 10.6 Å². The van der Waals surface area contributed by atoms with Crippen LogP contribution in [0.3, 0.4) is 0 Å². The first-order valence-electron chi connectivity index (χ1n) is 8.58. The first kappa shape index (κ1) is 19.4. The average Bonchev–Trinajstić information content (AvgIpc) is 2.65. The lowest BCUT2D eigenvalue weighted by Crippen LogP contribution is -2.14. The molecule has 0 heterocycles. The van der Waals surface area contributed by atoms with Crippen LogP contribution in [0.1, 0.15) is 12.5 Å². The Bertz CT molecular complexity index is 1090. The Labute approximate surface area is 164 Å². The second kappa shape index (κ2) is 8.14. The van der Waals surface area contributed by atoms with Crippen LogP contribution in [0.25, 0.3) is 0 Å². The molecule has 144 valence electrons. The van der Waals surface area contributed by atoms with E-state index in [-0.39, 0.29) is 10.8 Å². The SMILES string of the molecule is CC(=O)Nc1ccc(S(=O)(=O)Nc2ccccc2Oc2ccccc2C)cc1. The normalized spacial score (nSPS) is 10.9. The van der Waals surface area contributed by atoms with E-state index >= 15 is 0 Å². The van der Waals surface area contributed by atoms with Crippen molar-refractivity contribution in [2.75, 3.05) is 10.0 Å². The van der Waals surface area contributed by atoms with E-state index in [0.29, 0.717) is 22.9 Å². The second-order valence-electron chi connectivity index (χ2n) is 6.17. The molecule has 0 saturated heterocycles. The molecule has 0 radical (unpaired) electrons. The fraction of sp³-hybridized carbons (Fsp3) is 0.0952. The van der Waals surface area contributed by atoms with Crippen molar-refractivity contribution in [3.8, 4) is 11.5 Å². The molecule has 0 spiro atoms. The van der Waals surface area contributed by atoms with Crippen LogP contribution >= 0.6 is 0 Å². The maximum absolute atomic E-state index is 12.8. The number of hydrogen-bond donors (Lipinski definition) is 2. The number of hydrogen-bond acceptors (Lipinski definition) is 4. The van der Waals surface area contributed by atoms with E-state index in [0.717, 1.165) is 5.56 Å². The number of amides is 1. The van der Waals surface area contributed by atoms with Gasteiger partial charge < -0.3 is 10.1 Å². The highest BCUT2D eigenvalue weighted by atomic mass is 32.2. The highest BCUT2D eigenvalue weighted by Gasteiger charge is 2.17. The van der Waals surface area contributed by atoms with Crippen molar-refractivity contribution in [1.29, 1.82) is 0 Å². The van der Waals surface area contributed by atoms with Gasteiger partial charge in [-0.05, 0) is 55.0 Å². The molecular formula is C21H20N2O4S. The van der Waals surface area contributed by atoms with Crippen molar-refractivity contribution in [2.24, 2.45) is 0 Å². The van der Waals surface area contributed by atoms with Crippen molar-refractivity contribution in [3.05, 3.63) is 78.4 Å². The topological polar surface area (TPSA) is 84.5 Å². The minimum atomic E-state index is -3.83. The summed E-state index contributed by atoms with van der Waals surface area (Å²) in [7, 11) is -3.83. The molecule has 0 fully saturated rings. The third kappa shape index (κ3) is 4.69. The third-order valence-corrected chi connectivity index (χ3v) is 5.31. The molecule has 0 aromatic heterocycles. The van der Waals surface area contributed by atoms with Crippen molar-refractivity contribution in [2.45, 2.75) is 18.7 Å². The summed E-state index contributed by atoms with van der Waals surface area (Å²) in [5, 5.41) is 2.60. The number of benzene rings is 3. The summed E-state index contributed by atoms with van der Waals surface area (Å²) in [4.78, 5) is 11.2. The largest absolute Gasteiger partial charge is 0.455 e. The van der Waals surface area contributed by atoms with E-state index in [2.05, 4.69) is 10.0 Å². The van der Waals surface area contributed by atoms with Gasteiger partial charge in [-0.1, -0.05) is 30.3 Å². The fourth-order valence-corrected chi connectivity index (χ4v) is 3.62. The van der Waals surface area contributed by atoms with Gasteiger partial charge in [-0.15, -0.1) is 0 Å². The zero-order valence-electron chi connectivity index (χ0n) is 15.5. The maximum atomic E-state index is 12.8.